The normalized spacial score (nSPS) is 13.9. The fraction of sp³-hybridized carbons (Fsp3) is 0.419. The molecule has 1 aliphatic rings. The van der Waals surface area contributed by atoms with E-state index >= 15 is 0 Å². The largest absolute Gasteiger partial charge is 0.505 e. The second-order valence-electron chi connectivity index (χ2n) is 14.8. The van der Waals surface area contributed by atoms with Gasteiger partial charge in [0.05, 0.1) is 5.56 Å². The second-order valence-corrected chi connectivity index (χ2v) is 14.8. The Morgan fingerprint density at radius 3 is 2.22 bits per heavy atom. The molecular formula is C43H51F3N8O5. The molecule has 3 aromatic heterocycles. The predicted molar refractivity (Wildman–Crippen MR) is 219 cm³/mol. The minimum Gasteiger partial charge on any atom is -0.505 e. The smallest absolute Gasteiger partial charge is 0.416 e. The highest BCUT2D eigenvalue weighted by molar-refractivity contribution is 5.95. The summed E-state index contributed by atoms with van der Waals surface area (Å²) in [6.07, 6.45) is -1.55. The van der Waals surface area contributed by atoms with Crippen molar-refractivity contribution in [3.63, 3.8) is 0 Å². The van der Waals surface area contributed by atoms with Crippen molar-refractivity contribution in [1.29, 1.82) is 0 Å². The van der Waals surface area contributed by atoms with Gasteiger partial charge in [0.2, 0.25) is 11.7 Å². The third-order valence-electron chi connectivity index (χ3n) is 10.8. The van der Waals surface area contributed by atoms with Crippen molar-refractivity contribution >= 4 is 29.2 Å². The lowest BCUT2D eigenvalue weighted by atomic mass is 9.70. The third-order valence-corrected chi connectivity index (χ3v) is 10.8. The molecular weight excluding hydrogens is 766 g/mol. The molecule has 59 heavy (non-hydrogen) atoms. The van der Waals surface area contributed by atoms with Crippen molar-refractivity contribution in [3.8, 4) is 17.1 Å². The molecule has 0 aliphatic carbocycles. The number of aromatic nitrogens is 5. The fourth-order valence-electron chi connectivity index (χ4n) is 7.60. The molecule has 0 atom stereocenters. The standard InChI is InChI=1S/C41H45F3N8O5.C2H6/c1-7-30-33(40(8-2)17-20-50(21-18-40)38(57)34-31(53)10-9-19-45-34)37(56)52-39(47-35(48-52)25-11-13-26(14-12-25)36(55)49(5)6)51(30)23-32(54)46-29-16-15-27(41(42,43)44)22-28(29)24(3)4;1-2/h9-16,19,22,24,53H,7-8,17-18,20-21,23H2,1-6H3,(H,46,54);1-2H3. The van der Waals surface area contributed by atoms with Gasteiger partial charge in [0, 0.05) is 66.9 Å². The topological polar surface area (TPSA) is 155 Å². The SMILES string of the molecule is CC.CCc1c(C2(CC)CCN(C(=O)c3ncccc3O)CC2)c(=O)n2nc(-c3ccc(C(=O)N(C)C)cc3)nc2n1CC(=O)Nc1ccc(C(F)(F)F)cc1C(C)C. The lowest BCUT2D eigenvalue weighted by molar-refractivity contribution is -0.137. The van der Waals surface area contributed by atoms with E-state index in [1.54, 1.807) is 61.7 Å². The maximum absolute atomic E-state index is 14.8. The molecule has 6 rings (SSSR count). The number of benzene rings is 2. The average molecular weight is 817 g/mol. The van der Waals surface area contributed by atoms with Gasteiger partial charge in [-0.1, -0.05) is 53.7 Å². The summed E-state index contributed by atoms with van der Waals surface area (Å²) >= 11 is 0. The summed E-state index contributed by atoms with van der Waals surface area (Å²) < 4.78 is 43.7. The van der Waals surface area contributed by atoms with Crippen LogP contribution in [0.4, 0.5) is 18.9 Å². The van der Waals surface area contributed by atoms with Crippen LogP contribution in [0.25, 0.3) is 17.2 Å². The van der Waals surface area contributed by atoms with Gasteiger partial charge in [-0.3, -0.25) is 19.2 Å². The summed E-state index contributed by atoms with van der Waals surface area (Å²) in [5.74, 6) is -1.50. The number of carbonyl (C=O) groups excluding carboxylic acids is 3. The Morgan fingerprint density at radius 2 is 1.66 bits per heavy atom. The molecule has 1 fully saturated rings. The van der Waals surface area contributed by atoms with Crippen LogP contribution in [0.2, 0.25) is 0 Å². The van der Waals surface area contributed by atoms with Gasteiger partial charge in [-0.25, -0.2) is 4.98 Å². The number of aromatic hydroxyl groups is 1. The van der Waals surface area contributed by atoms with Crippen LogP contribution in [0.5, 0.6) is 5.75 Å². The Hall–Kier alpha value is -6.06. The zero-order valence-electron chi connectivity index (χ0n) is 34.6. The fourth-order valence-corrected chi connectivity index (χ4v) is 7.60. The van der Waals surface area contributed by atoms with Crippen molar-refractivity contribution < 1.29 is 32.7 Å². The van der Waals surface area contributed by atoms with Gasteiger partial charge >= 0.3 is 6.18 Å². The lowest BCUT2D eigenvalue weighted by Crippen LogP contribution is -2.48. The molecule has 0 radical (unpaired) electrons. The number of hydrogen-bond donors (Lipinski definition) is 2. The zero-order chi connectivity index (χ0) is 43.4. The van der Waals surface area contributed by atoms with Crippen molar-refractivity contribution in [2.75, 3.05) is 32.5 Å². The summed E-state index contributed by atoms with van der Waals surface area (Å²) in [6, 6.07) is 12.7. The number of piperidine rings is 1. The molecule has 4 heterocycles. The Kier molecular flexibility index (Phi) is 13.3. The van der Waals surface area contributed by atoms with Crippen molar-refractivity contribution in [3.05, 3.63) is 105 Å². The molecule has 16 heteroatoms. The van der Waals surface area contributed by atoms with Crippen molar-refractivity contribution in [2.45, 2.75) is 91.3 Å². The van der Waals surface area contributed by atoms with E-state index < -0.39 is 34.5 Å². The Bertz CT molecular complexity index is 2400. The van der Waals surface area contributed by atoms with E-state index in [1.165, 1.54) is 33.8 Å². The number of pyridine rings is 1. The molecule has 13 nitrogen and oxygen atoms in total. The number of rotatable bonds is 10. The number of hydrogen-bond acceptors (Lipinski definition) is 8. The molecule has 1 saturated heterocycles. The van der Waals surface area contributed by atoms with Crippen LogP contribution in [0.1, 0.15) is 110 Å². The van der Waals surface area contributed by atoms with Crippen molar-refractivity contribution in [1.82, 2.24) is 33.9 Å². The van der Waals surface area contributed by atoms with Crippen LogP contribution < -0.4 is 10.9 Å². The van der Waals surface area contributed by atoms with Crippen LogP contribution in [-0.2, 0) is 29.4 Å². The lowest BCUT2D eigenvalue weighted by Gasteiger charge is -2.42. The predicted octanol–water partition coefficient (Wildman–Crippen LogP) is 7.31. The molecule has 2 aromatic carbocycles. The van der Waals surface area contributed by atoms with E-state index in [9.17, 15) is 37.5 Å². The van der Waals surface area contributed by atoms with Gasteiger partial charge in [-0.05, 0) is 79.6 Å². The minimum absolute atomic E-state index is 0.0616. The van der Waals surface area contributed by atoms with Crippen LogP contribution in [0.15, 0.2) is 65.6 Å². The minimum atomic E-state index is -4.56. The molecule has 2 N–H and O–H groups in total. The molecule has 0 bridgehead atoms. The number of amides is 3. The number of halogens is 3. The van der Waals surface area contributed by atoms with Crippen molar-refractivity contribution in [2.24, 2.45) is 0 Å². The number of nitrogens with one attached hydrogen (secondary N) is 1. The first-order chi connectivity index (χ1) is 28.0. The van der Waals surface area contributed by atoms with Crippen LogP contribution in [-0.4, -0.2) is 84.0 Å². The first-order valence-electron chi connectivity index (χ1n) is 19.8. The molecule has 0 saturated carbocycles. The number of anilines is 1. The first kappa shape index (κ1) is 44.1. The number of likely N-dealkylation sites (tertiary alicyclic amines) is 1. The monoisotopic (exact) mass is 816 g/mol. The summed E-state index contributed by atoms with van der Waals surface area (Å²) in [6.45, 7) is 11.5. The highest BCUT2D eigenvalue weighted by atomic mass is 19.4. The molecule has 0 spiro atoms. The van der Waals surface area contributed by atoms with E-state index in [4.69, 9.17) is 4.98 Å². The van der Waals surface area contributed by atoms with E-state index in [0.29, 0.717) is 53.6 Å². The van der Waals surface area contributed by atoms with Gasteiger partial charge in [0.1, 0.15) is 12.3 Å². The summed E-state index contributed by atoms with van der Waals surface area (Å²) in [5, 5.41) is 17.8. The summed E-state index contributed by atoms with van der Waals surface area (Å²) in [4.78, 5) is 66.6. The highest BCUT2D eigenvalue weighted by Gasteiger charge is 2.42. The van der Waals surface area contributed by atoms with Crippen LogP contribution >= 0.6 is 0 Å². The zero-order valence-corrected chi connectivity index (χ0v) is 34.6. The van der Waals surface area contributed by atoms with E-state index in [0.717, 1.165) is 12.1 Å². The molecule has 5 aromatic rings. The maximum Gasteiger partial charge on any atom is 0.416 e. The number of nitrogens with zero attached hydrogens (tertiary/aromatic N) is 7. The quantitative estimate of drug-likeness (QED) is 0.149. The van der Waals surface area contributed by atoms with Gasteiger partial charge < -0.3 is 24.8 Å². The third kappa shape index (κ3) is 8.86. The van der Waals surface area contributed by atoms with Crippen LogP contribution in [0, 0.1) is 0 Å². The molecule has 1 aliphatic heterocycles. The first-order valence-corrected chi connectivity index (χ1v) is 19.8. The molecule has 314 valence electrons. The molecule has 0 unspecified atom stereocenters. The van der Waals surface area contributed by atoms with Crippen LogP contribution in [0.3, 0.4) is 0 Å². The number of fused-ring (bicyclic) bond motifs is 1. The van der Waals surface area contributed by atoms with Gasteiger partial charge in [0.15, 0.2) is 11.5 Å². The maximum atomic E-state index is 14.8. The van der Waals surface area contributed by atoms with E-state index in [-0.39, 0.29) is 60.2 Å². The Morgan fingerprint density at radius 1 is 1.00 bits per heavy atom. The van der Waals surface area contributed by atoms with Gasteiger partial charge in [0.25, 0.3) is 17.4 Å². The second kappa shape index (κ2) is 17.8. The Labute approximate surface area is 340 Å². The highest BCUT2D eigenvalue weighted by Crippen LogP contribution is 2.40. The summed E-state index contributed by atoms with van der Waals surface area (Å²) in [5.41, 5.74) is 0.403. The van der Waals surface area contributed by atoms with Gasteiger partial charge in [-0.15, -0.1) is 5.10 Å². The summed E-state index contributed by atoms with van der Waals surface area (Å²) in [7, 11) is 3.29. The van der Waals surface area contributed by atoms with E-state index in [2.05, 4.69) is 15.4 Å². The average Bonchev–Trinajstić information content (AvgIpc) is 3.68. The van der Waals surface area contributed by atoms with E-state index in [1.807, 2.05) is 27.7 Å². The van der Waals surface area contributed by atoms with Gasteiger partial charge in [-0.2, -0.15) is 22.7 Å². The number of alkyl halides is 3. The number of carbonyl (C=O) groups is 3. The Balaban J connectivity index is 0.00000326. The molecule has 3 amide bonds.